The maximum absolute atomic E-state index is 13.4. The Morgan fingerprint density at radius 2 is 1.64 bits per heavy atom. The van der Waals surface area contributed by atoms with Gasteiger partial charge < -0.3 is 19.5 Å². The number of rotatable bonds is 6. The zero-order chi connectivity index (χ0) is 26.5. The number of fused-ring (bicyclic) bond motifs is 3. The van der Waals surface area contributed by atoms with E-state index in [0.29, 0.717) is 33.8 Å². The summed E-state index contributed by atoms with van der Waals surface area (Å²) >= 11 is 13.0. The van der Waals surface area contributed by atoms with Crippen molar-refractivity contribution >= 4 is 45.7 Å². The Bertz CT molecular complexity index is 1510. The molecular weight excluding hydrogens is 533 g/mol. The summed E-state index contributed by atoms with van der Waals surface area (Å²) in [4.78, 5) is 15.5. The van der Waals surface area contributed by atoms with Gasteiger partial charge in [-0.15, -0.1) is 0 Å². The fourth-order valence-corrected chi connectivity index (χ4v) is 6.93. The number of amides is 2. The van der Waals surface area contributed by atoms with Gasteiger partial charge in [0.15, 0.2) is 0 Å². The smallest absolute Gasteiger partial charge is 0.322 e. The standard InChI is InChI=1S/C31H29Cl2N3O3/c32-25-8-4-9-26(33)28(25)29-24(30(39-35-29)19-11-12-19)17-38-22-15-20-13-14-21(16-22)36(20)31(37)34-27-10-3-6-18-5-1-2-7-23(18)27/h1-10,19-22H,11-17H2,(H,34,37)/t20-,21?,22?/m0/s1. The van der Waals surface area contributed by atoms with Gasteiger partial charge in [0, 0.05) is 34.5 Å². The van der Waals surface area contributed by atoms with Gasteiger partial charge in [0.1, 0.15) is 11.5 Å². The predicted molar refractivity (Wildman–Crippen MR) is 153 cm³/mol. The number of anilines is 1. The van der Waals surface area contributed by atoms with Crippen molar-refractivity contribution in [3.63, 3.8) is 0 Å². The van der Waals surface area contributed by atoms with Crippen LogP contribution < -0.4 is 5.32 Å². The number of hydrogen-bond acceptors (Lipinski definition) is 4. The molecule has 7 rings (SSSR count). The van der Waals surface area contributed by atoms with Crippen LogP contribution in [0.4, 0.5) is 10.5 Å². The molecule has 3 aromatic carbocycles. The molecule has 3 fully saturated rings. The molecule has 2 bridgehead atoms. The molecule has 6 nitrogen and oxygen atoms in total. The maximum atomic E-state index is 13.4. The van der Waals surface area contributed by atoms with Crippen molar-refractivity contribution in [2.75, 3.05) is 5.32 Å². The maximum Gasteiger partial charge on any atom is 0.322 e. The van der Waals surface area contributed by atoms with E-state index >= 15 is 0 Å². The van der Waals surface area contributed by atoms with E-state index in [4.69, 9.17) is 32.5 Å². The second-order valence-corrected chi connectivity index (χ2v) is 11.7. The number of benzene rings is 3. The molecule has 1 aliphatic carbocycles. The van der Waals surface area contributed by atoms with E-state index in [2.05, 4.69) is 22.6 Å². The van der Waals surface area contributed by atoms with Gasteiger partial charge in [0.2, 0.25) is 0 Å². The summed E-state index contributed by atoms with van der Waals surface area (Å²) in [5, 5.41) is 10.8. The first-order chi connectivity index (χ1) is 19.1. The Morgan fingerprint density at radius 3 is 2.38 bits per heavy atom. The van der Waals surface area contributed by atoms with Gasteiger partial charge in [-0.1, -0.05) is 70.8 Å². The Balaban J connectivity index is 1.06. The van der Waals surface area contributed by atoms with Crippen molar-refractivity contribution in [2.45, 2.75) is 69.2 Å². The average Bonchev–Trinajstić information content (AvgIpc) is 3.64. The number of carbonyl (C=O) groups is 1. The topological polar surface area (TPSA) is 67.6 Å². The Labute approximate surface area is 237 Å². The number of halogens is 2. The number of urea groups is 1. The highest BCUT2D eigenvalue weighted by Gasteiger charge is 2.44. The first-order valence-corrected chi connectivity index (χ1v) is 14.4. The van der Waals surface area contributed by atoms with Crippen LogP contribution in [0.5, 0.6) is 0 Å². The molecule has 2 saturated heterocycles. The number of ether oxygens (including phenoxy) is 1. The van der Waals surface area contributed by atoms with Crippen LogP contribution >= 0.6 is 23.2 Å². The van der Waals surface area contributed by atoms with E-state index in [1.54, 1.807) is 0 Å². The van der Waals surface area contributed by atoms with Gasteiger partial charge in [-0.2, -0.15) is 0 Å². The number of piperidine rings is 1. The Kier molecular flexibility index (Phi) is 6.50. The predicted octanol–water partition coefficient (Wildman–Crippen LogP) is 8.42. The van der Waals surface area contributed by atoms with Crippen LogP contribution in [0.2, 0.25) is 10.0 Å². The molecule has 39 heavy (non-hydrogen) atoms. The number of aromatic nitrogens is 1. The molecule has 2 aliphatic heterocycles. The van der Waals surface area contributed by atoms with Crippen LogP contribution in [0.25, 0.3) is 22.0 Å². The SMILES string of the molecule is O=C(Nc1cccc2ccccc12)N1C2CC[C@H]1CC(OCc1c(-c3c(Cl)cccc3Cl)noc1C1CC1)C2. The van der Waals surface area contributed by atoms with E-state index in [1.165, 1.54) is 0 Å². The van der Waals surface area contributed by atoms with Gasteiger partial charge in [-0.3, -0.25) is 0 Å². The van der Waals surface area contributed by atoms with E-state index in [9.17, 15) is 4.79 Å². The normalized spacial score (nSPS) is 22.4. The summed E-state index contributed by atoms with van der Waals surface area (Å²) < 4.78 is 12.3. The summed E-state index contributed by atoms with van der Waals surface area (Å²) in [5.41, 5.74) is 3.15. The molecule has 8 heteroatoms. The summed E-state index contributed by atoms with van der Waals surface area (Å²) in [6, 6.07) is 19.9. The fraction of sp³-hybridized carbons (Fsp3) is 0.355. The molecule has 1 aromatic heterocycles. The highest BCUT2D eigenvalue weighted by Crippen LogP contribution is 2.46. The molecule has 0 radical (unpaired) electrons. The van der Waals surface area contributed by atoms with Gasteiger partial charge >= 0.3 is 6.03 Å². The molecule has 200 valence electrons. The zero-order valence-electron chi connectivity index (χ0n) is 21.4. The van der Waals surface area contributed by atoms with E-state index in [0.717, 1.165) is 66.3 Å². The largest absolute Gasteiger partial charge is 0.373 e. The monoisotopic (exact) mass is 561 g/mol. The van der Waals surface area contributed by atoms with Crippen LogP contribution in [-0.4, -0.2) is 34.3 Å². The third kappa shape index (κ3) is 4.69. The number of nitrogens with zero attached hydrogens (tertiary/aromatic N) is 2. The van der Waals surface area contributed by atoms with Crippen molar-refractivity contribution < 1.29 is 14.1 Å². The fourth-order valence-electron chi connectivity index (χ4n) is 6.36. The Morgan fingerprint density at radius 1 is 0.949 bits per heavy atom. The van der Waals surface area contributed by atoms with E-state index in [-0.39, 0.29) is 24.2 Å². The first-order valence-electron chi connectivity index (χ1n) is 13.7. The number of carbonyl (C=O) groups excluding carboxylic acids is 1. The highest BCUT2D eigenvalue weighted by atomic mass is 35.5. The molecule has 3 heterocycles. The van der Waals surface area contributed by atoms with Gasteiger partial charge in [-0.05, 0) is 62.1 Å². The van der Waals surface area contributed by atoms with Crippen LogP contribution in [0.1, 0.15) is 55.8 Å². The lowest BCUT2D eigenvalue weighted by molar-refractivity contribution is -0.0158. The van der Waals surface area contributed by atoms with Crippen molar-refractivity contribution in [1.29, 1.82) is 0 Å². The summed E-state index contributed by atoms with van der Waals surface area (Å²) in [6.45, 7) is 0.387. The molecule has 2 amide bonds. The quantitative estimate of drug-likeness (QED) is 0.256. The zero-order valence-corrected chi connectivity index (χ0v) is 22.9. The highest BCUT2D eigenvalue weighted by molar-refractivity contribution is 6.39. The van der Waals surface area contributed by atoms with Crippen molar-refractivity contribution in [3.8, 4) is 11.3 Å². The molecule has 1 N–H and O–H groups in total. The summed E-state index contributed by atoms with van der Waals surface area (Å²) in [7, 11) is 0. The molecular formula is C31H29Cl2N3O3. The van der Waals surface area contributed by atoms with Crippen molar-refractivity contribution in [3.05, 3.63) is 82.0 Å². The summed E-state index contributed by atoms with van der Waals surface area (Å²) in [6.07, 6.45) is 5.85. The van der Waals surface area contributed by atoms with Crippen LogP contribution in [0.3, 0.4) is 0 Å². The number of nitrogens with one attached hydrogen (secondary N) is 1. The van der Waals surface area contributed by atoms with Crippen molar-refractivity contribution in [2.24, 2.45) is 0 Å². The lowest BCUT2D eigenvalue weighted by Gasteiger charge is -2.38. The average molecular weight is 562 g/mol. The second-order valence-electron chi connectivity index (χ2n) is 10.9. The first kappa shape index (κ1) is 24.9. The van der Waals surface area contributed by atoms with Crippen molar-refractivity contribution in [1.82, 2.24) is 10.1 Å². The molecule has 3 aliphatic rings. The molecule has 1 saturated carbocycles. The van der Waals surface area contributed by atoms with Crippen LogP contribution in [0, 0.1) is 0 Å². The van der Waals surface area contributed by atoms with Gasteiger partial charge in [0.25, 0.3) is 0 Å². The lowest BCUT2D eigenvalue weighted by atomic mass is 9.99. The third-order valence-electron chi connectivity index (χ3n) is 8.39. The van der Waals surface area contributed by atoms with Gasteiger partial charge in [0.05, 0.1) is 28.4 Å². The second kappa shape index (κ2) is 10.2. The Hall–Kier alpha value is -3.06. The minimum Gasteiger partial charge on any atom is -0.373 e. The third-order valence-corrected chi connectivity index (χ3v) is 9.02. The molecule has 4 aromatic rings. The van der Waals surface area contributed by atoms with Crippen LogP contribution in [-0.2, 0) is 11.3 Å². The number of hydrogen-bond donors (Lipinski definition) is 1. The molecule has 3 atom stereocenters. The summed E-state index contributed by atoms with van der Waals surface area (Å²) in [5.74, 6) is 1.26. The van der Waals surface area contributed by atoms with Gasteiger partial charge in [-0.25, -0.2) is 4.79 Å². The van der Waals surface area contributed by atoms with E-state index in [1.807, 2.05) is 53.4 Å². The molecule has 0 spiro atoms. The molecule has 2 unspecified atom stereocenters. The van der Waals surface area contributed by atoms with E-state index < -0.39 is 0 Å². The minimum atomic E-state index is -0.0250. The minimum absolute atomic E-state index is 0.0250. The lowest BCUT2D eigenvalue weighted by Crippen LogP contribution is -2.50. The van der Waals surface area contributed by atoms with Crippen LogP contribution in [0.15, 0.2) is 65.2 Å².